The standard InChI is InChI=1S/C17H33NO4/c1-3-4-5-6-7-8-9-10-11-12-16(20)18(2,13-14-19)15-17(21)22/h19H,3-15H2,1-2H3/p+1. The number of aliphatic hydroxyl groups is 1. The van der Waals surface area contributed by atoms with E-state index < -0.39 is 5.97 Å². The van der Waals surface area contributed by atoms with E-state index in [0.717, 1.165) is 19.3 Å². The molecular formula is C17H34NO4+. The van der Waals surface area contributed by atoms with Crippen LogP contribution >= 0.6 is 0 Å². The number of carbonyl (C=O) groups is 2. The molecule has 1 unspecified atom stereocenters. The summed E-state index contributed by atoms with van der Waals surface area (Å²) >= 11 is 0. The Morgan fingerprint density at radius 1 is 0.909 bits per heavy atom. The molecule has 1 atom stereocenters. The monoisotopic (exact) mass is 316 g/mol. The van der Waals surface area contributed by atoms with E-state index >= 15 is 0 Å². The predicted octanol–water partition coefficient (Wildman–Crippen LogP) is 2.96. The van der Waals surface area contributed by atoms with Crippen LogP contribution in [0.5, 0.6) is 0 Å². The molecule has 5 nitrogen and oxygen atoms in total. The number of quaternary nitrogens is 1. The zero-order chi connectivity index (χ0) is 16.8. The third kappa shape index (κ3) is 9.90. The molecule has 0 spiro atoms. The predicted molar refractivity (Wildman–Crippen MR) is 87.5 cm³/mol. The number of hydrogen-bond acceptors (Lipinski definition) is 3. The summed E-state index contributed by atoms with van der Waals surface area (Å²) in [4.78, 5) is 23.1. The average Bonchev–Trinajstić information content (AvgIpc) is 2.44. The first-order chi connectivity index (χ1) is 10.5. The van der Waals surface area contributed by atoms with Crippen molar-refractivity contribution < 1.29 is 24.3 Å². The Bertz CT molecular complexity index is 320. The number of hydrogen-bond donors (Lipinski definition) is 2. The number of amides is 1. The van der Waals surface area contributed by atoms with Gasteiger partial charge < -0.3 is 10.2 Å². The Labute approximate surface area is 134 Å². The summed E-state index contributed by atoms with van der Waals surface area (Å²) in [7, 11) is 1.60. The van der Waals surface area contributed by atoms with E-state index in [-0.39, 0.29) is 30.1 Å². The summed E-state index contributed by atoms with van der Waals surface area (Å²) in [6.45, 7) is 1.96. The summed E-state index contributed by atoms with van der Waals surface area (Å²) in [6.07, 6.45) is 11.1. The maximum Gasteiger partial charge on any atom is 0.359 e. The number of unbranched alkanes of at least 4 members (excludes halogenated alkanes) is 8. The lowest BCUT2D eigenvalue weighted by Crippen LogP contribution is -2.53. The number of carboxylic acid groups (broad SMARTS) is 1. The van der Waals surface area contributed by atoms with E-state index in [2.05, 4.69) is 6.92 Å². The summed E-state index contributed by atoms with van der Waals surface area (Å²) < 4.78 is -0.206. The second-order valence-electron chi connectivity index (χ2n) is 6.37. The van der Waals surface area contributed by atoms with Crippen LogP contribution in [0.15, 0.2) is 0 Å². The van der Waals surface area contributed by atoms with Gasteiger partial charge in [-0.2, -0.15) is 0 Å². The number of rotatable bonds is 14. The van der Waals surface area contributed by atoms with Crippen molar-refractivity contribution >= 4 is 11.9 Å². The molecule has 5 heteroatoms. The molecule has 2 N–H and O–H groups in total. The Morgan fingerprint density at radius 2 is 1.41 bits per heavy atom. The zero-order valence-corrected chi connectivity index (χ0v) is 14.4. The SMILES string of the molecule is CCCCCCCCCCCC(=O)[N+](C)(CCO)CC(=O)O. The lowest BCUT2D eigenvalue weighted by molar-refractivity contribution is -0.828. The van der Waals surface area contributed by atoms with Gasteiger partial charge in [-0.05, 0) is 6.42 Å². The van der Waals surface area contributed by atoms with Crippen LogP contribution in [-0.2, 0) is 9.59 Å². The van der Waals surface area contributed by atoms with Gasteiger partial charge in [-0.3, -0.25) is 4.48 Å². The maximum absolute atomic E-state index is 12.2. The van der Waals surface area contributed by atoms with Crippen molar-refractivity contribution in [3.8, 4) is 0 Å². The van der Waals surface area contributed by atoms with E-state index in [0.29, 0.717) is 6.42 Å². The molecule has 0 aliphatic carbocycles. The molecule has 0 rings (SSSR count). The van der Waals surface area contributed by atoms with E-state index in [1.54, 1.807) is 7.05 Å². The molecule has 0 aliphatic rings. The second kappa shape index (κ2) is 12.6. The number of nitrogens with zero attached hydrogens (tertiary/aromatic N) is 1. The normalized spacial score (nSPS) is 13.8. The van der Waals surface area contributed by atoms with Gasteiger partial charge >= 0.3 is 11.9 Å². The summed E-state index contributed by atoms with van der Waals surface area (Å²) in [5.74, 6) is -1.09. The molecule has 1 amide bonds. The number of carbonyl (C=O) groups excluding carboxylic acids is 1. The van der Waals surface area contributed by atoms with E-state index in [1.165, 1.54) is 38.5 Å². The van der Waals surface area contributed by atoms with Gasteiger partial charge in [-0.15, -0.1) is 0 Å². The van der Waals surface area contributed by atoms with Gasteiger partial charge in [-0.1, -0.05) is 58.3 Å². The Morgan fingerprint density at radius 3 is 1.86 bits per heavy atom. The number of aliphatic carboxylic acids is 1. The minimum absolute atomic E-state index is 0.0839. The van der Waals surface area contributed by atoms with E-state index in [4.69, 9.17) is 10.2 Å². The van der Waals surface area contributed by atoms with Gasteiger partial charge in [-0.25, -0.2) is 9.59 Å². The number of aliphatic hydroxyl groups excluding tert-OH is 1. The van der Waals surface area contributed by atoms with Crippen molar-refractivity contribution in [3.05, 3.63) is 0 Å². The fraction of sp³-hybridized carbons (Fsp3) is 0.882. The van der Waals surface area contributed by atoms with Crippen molar-refractivity contribution in [2.75, 3.05) is 26.7 Å². The fourth-order valence-corrected chi connectivity index (χ4v) is 2.67. The minimum Gasteiger partial charge on any atom is -0.477 e. The molecule has 0 aliphatic heterocycles. The average molecular weight is 316 g/mol. The van der Waals surface area contributed by atoms with Gasteiger partial charge in [0.1, 0.15) is 6.54 Å². The number of carboxylic acids is 1. The van der Waals surface area contributed by atoms with Crippen molar-refractivity contribution in [1.29, 1.82) is 0 Å². The molecule has 0 bridgehead atoms. The zero-order valence-electron chi connectivity index (χ0n) is 14.4. The molecule has 0 heterocycles. The van der Waals surface area contributed by atoms with E-state index in [9.17, 15) is 9.59 Å². The van der Waals surface area contributed by atoms with Crippen LogP contribution in [0.1, 0.15) is 71.1 Å². The summed E-state index contributed by atoms with van der Waals surface area (Å²) in [6, 6.07) is 0. The highest BCUT2D eigenvalue weighted by Crippen LogP contribution is 2.13. The van der Waals surface area contributed by atoms with Crippen molar-refractivity contribution in [3.63, 3.8) is 0 Å². The second-order valence-corrected chi connectivity index (χ2v) is 6.37. The first-order valence-electron chi connectivity index (χ1n) is 8.67. The van der Waals surface area contributed by atoms with Crippen molar-refractivity contribution in [2.24, 2.45) is 0 Å². The molecule has 0 saturated carbocycles. The lowest BCUT2D eigenvalue weighted by atomic mass is 10.1. The largest absolute Gasteiger partial charge is 0.477 e. The quantitative estimate of drug-likeness (QED) is 0.382. The number of likely N-dealkylation sites (N-methyl/N-ethyl adjacent to an activating group) is 1. The molecule has 0 aromatic carbocycles. The smallest absolute Gasteiger partial charge is 0.359 e. The van der Waals surface area contributed by atoms with Gasteiger partial charge in [0.15, 0.2) is 6.54 Å². The topological polar surface area (TPSA) is 74.6 Å². The molecule has 0 aromatic heterocycles. The van der Waals surface area contributed by atoms with Gasteiger partial charge in [0.25, 0.3) is 0 Å². The van der Waals surface area contributed by atoms with Gasteiger partial charge in [0.05, 0.1) is 20.1 Å². The molecule has 0 aromatic rings. The molecule has 0 fully saturated rings. The molecule has 130 valence electrons. The third-order valence-corrected chi connectivity index (χ3v) is 4.17. The van der Waals surface area contributed by atoms with Crippen LogP contribution in [0.4, 0.5) is 0 Å². The van der Waals surface area contributed by atoms with Gasteiger partial charge in [0, 0.05) is 0 Å². The van der Waals surface area contributed by atoms with Crippen molar-refractivity contribution in [2.45, 2.75) is 71.1 Å². The highest BCUT2D eigenvalue weighted by atomic mass is 16.4. The Kier molecular flexibility index (Phi) is 12.1. The first-order valence-corrected chi connectivity index (χ1v) is 8.67. The van der Waals surface area contributed by atoms with Crippen LogP contribution in [0.2, 0.25) is 0 Å². The minimum atomic E-state index is -1.00. The maximum atomic E-state index is 12.2. The first kappa shape index (κ1) is 21.1. The third-order valence-electron chi connectivity index (χ3n) is 4.17. The van der Waals surface area contributed by atoms with Crippen molar-refractivity contribution in [1.82, 2.24) is 0 Å². The van der Waals surface area contributed by atoms with Crippen LogP contribution in [0, 0.1) is 0 Å². The Balaban J connectivity index is 3.83. The highest BCUT2D eigenvalue weighted by Gasteiger charge is 2.32. The summed E-state index contributed by atoms with van der Waals surface area (Å²) in [5.41, 5.74) is 0. The molecule has 22 heavy (non-hydrogen) atoms. The molecule has 0 saturated heterocycles. The van der Waals surface area contributed by atoms with Crippen LogP contribution in [0.3, 0.4) is 0 Å². The van der Waals surface area contributed by atoms with Crippen LogP contribution in [-0.4, -0.2) is 53.3 Å². The molecule has 0 radical (unpaired) electrons. The van der Waals surface area contributed by atoms with Gasteiger partial charge in [0.2, 0.25) is 0 Å². The van der Waals surface area contributed by atoms with E-state index in [1.807, 2.05) is 0 Å². The van der Waals surface area contributed by atoms with Crippen LogP contribution in [0.25, 0.3) is 0 Å². The highest BCUT2D eigenvalue weighted by molar-refractivity contribution is 5.74. The fourth-order valence-electron chi connectivity index (χ4n) is 2.67. The lowest BCUT2D eigenvalue weighted by Gasteiger charge is -2.29. The molecular weight excluding hydrogens is 282 g/mol. The summed E-state index contributed by atoms with van der Waals surface area (Å²) in [5, 5.41) is 17.9. The van der Waals surface area contributed by atoms with Crippen LogP contribution < -0.4 is 0 Å². The Hall–Kier alpha value is -0.940.